The molecule has 0 aliphatic rings. The molecule has 0 bridgehead atoms. The summed E-state index contributed by atoms with van der Waals surface area (Å²) in [4.78, 5) is 12.9. The van der Waals surface area contributed by atoms with E-state index in [0.717, 1.165) is 6.54 Å². The number of nitrogens with zero attached hydrogens (tertiary/aromatic N) is 3. The van der Waals surface area contributed by atoms with Crippen LogP contribution in [-0.4, -0.2) is 33.6 Å². The molecule has 6 nitrogen and oxygen atoms in total. The number of aromatic nitrogens is 3. The third-order valence-electron chi connectivity index (χ3n) is 2.94. The summed E-state index contributed by atoms with van der Waals surface area (Å²) in [6, 6.07) is 0.570. The fraction of sp³-hybridized carbons (Fsp3) is 0.786. The van der Waals surface area contributed by atoms with Gasteiger partial charge >= 0.3 is 6.01 Å². The van der Waals surface area contributed by atoms with Crippen molar-refractivity contribution in [3.63, 3.8) is 0 Å². The van der Waals surface area contributed by atoms with Gasteiger partial charge in [-0.2, -0.15) is 15.0 Å². The summed E-state index contributed by atoms with van der Waals surface area (Å²) in [7, 11) is 0. The van der Waals surface area contributed by atoms with Crippen molar-refractivity contribution in [2.75, 3.05) is 17.2 Å². The van der Waals surface area contributed by atoms with Crippen LogP contribution in [0.1, 0.15) is 48.5 Å². The van der Waals surface area contributed by atoms with E-state index < -0.39 is 0 Å². The Labute approximate surface area is 121 Å². The van der Waals surface area contributed by atoms with Gasteiger partial charge in [0.2, 0.25) is 11.9 Å². The lowest BCUT2D eigenvalue weighted by Crippen LogP contribution is -2.31. The van der Waals surface area contributed by atoms with E-state index in [2.05, 4.69) is 53.3 Å². The molecule has 1 atom stereocenters. The molecule has 1 rings (SSSR count). The van der Waals surface area contributed by atoms with Crippen molar-refractivity contribution in [1.82, 2.24) is 15.0 Å². The summed E-state index contributed by atoms with van der Waals surface area (Å²) in [6.07, 6.45) is 0.0276. The van der Waals surface area contributed by atoms with E-state index in [1.807, 2.05) is 20.8 Å². The van der Waals surface area contributed by atoms with Gasteiger partial charge in [-0.25, -0.2) is 0 Å². The highest BCUT2D eigenvalue weighted by atomic mass is 16.5. The van der Waals surface area contributed by atoms with Gasteiger partial charge in [0.1, 0.15) is 0 Å². The van der Waals surface area contributed by atoms with Crippen molar-refractivity contribution in [2.24, 2.45) is 5.41 Å². The van der Waals surface area contributed by atoms with Crippen LogP contribution >= 0.6 is 0 Å². The van der Waals surface area contributed by atoms with E-state index in [9.17, 15) is 0 Å². The number of ether oxygens (including phenoxy) is 1. The van der Waals surface area contributed by atoms with Crippen molar-refractivity contribution in [1.29, 1.82) is 0 Å². The lowest BCUT2D eigenvalue weighted by atomic mass is 9.88. The first-order valence-electron chi connectivity index (χ1n) is 7.15. The van der Waals surface area contributed by atoms with Crippen LogP contribution in [0.15, 0.2) is 0 Å². The highest BCUT2D eigenvalue weighted by molar-refractivity contribution is 5.36. The Morgan fingerprint density at radius 1 is 1.05 bits per heavy atom. The molecule has 0 aliphatic heterocycles. The van der Waals surface area contributed by atoms with E-state index in [1.165, 1.54) is 0 Å². The van der Waals surface area contributed by atoms with Crippen molar-refractivity contribution < 1.29 is 4.74 Å². The first-order valence-corrected chi connectivity index (χ1v) is 7.15. The van der Waals surface area contributed by atoms with Gasteiger partial charge in [-0.1, -0.05) is 20.8 Å². The molecule has 114 valence electrons. The summed E-state index contributed by atoms with van der Waals surface area (Å²) >= 11 is 0. The molecule has 0 aliphatic carbocycles. The quantitative estimate of drug-likeness (QED) is 0.835. The second kappa shape index (κ2) is 6.72. The molecule has 0 aromatic carbocycles. The van der Waals surface area contributed by atoms with Crippen LogP contribution < -0.4 is 15.4 Å². The first kappa shape index (κ1) is 16.5. The number of anilines is 2. The van der Waals surface area contributed by atoms with Crippen LogP contribution in [-0.2, 0) is 0 Å². The molecule has 1 aromatic rings. The Hall–Kier alpha value is -1.59. The molecule has 2 N–H and O–H groups in total. The van der Waals surface area contributed by atoms with Crippen molar-refractivity contribution in [3.8, 4) is 6.01 Å². The zero-order chi connectivity index (χ0) is 15.3. The highest BCUT2D eigenvalue weighted by Crippen LogP contribution is 2.22. The third-order valence-corrected chi connectivity index (χ3v) is 2.94. The highest BCUT2D eigenvalue weighted by Gasteiger charge is 2.21. The van der Waals surface area contributed by atoms with Crippen molar-refractivity contribution in [2.45, 2.75) is 60.6 Å². The summed E-state index contributed by atoms with van der Waals surface area (Å²) in [5.41, 5.74) is 0.115. The molecule has 1 unspecified atom stereocenters. The predicted molar refractivity (Wildman–Crippen MR) is 82.3 cm³/mol. The van der Waals surface area contributed by atoms with Crippen LogP contribution in [0.25, 0.3) is 0 Å². The van der Waals surface area contributed by atoms with Gasteiger partial charge in [-0.15, -0.1) is 0 Å². The maximum absolute atomic E-state index is 5.57. The van der Waals surface area contributed by atoms with E-state index in [0.29, 0.717) is 17.9 Å². The van der Waals surface area contributed by atoms with Crippen LogP contribution in [0.3, 0.4) is 0 Å². The van der Waals surface area contributed by atoms with Crippen LogP contribution in [0.4, 0.5) is 11.9 Å². The van der Waals surface area contributed by atoms with Gasteiger partial charge in [0.25, 0.3) is 0 Å². The maximum atomic E-state index is 5.57. The lowest BCUT2D eigenvalue weighted by molar-refractivity contribution is 0.222. The van der Waals surface area contributed by atoms with Crippen LogP contribution in [0.5, 0.6) is 6.01 Å². The Morgan fingerprint density at radius 3 is 2.15 bits per heavy atom. The smallest absolute Gasteiger partial charge is 0.323 e. The van der Waals surface area contributed by atoms with Gasteiger partial charge in [0.15, 0.2) is 0 Å². The van der Waals surface area contributed by atoms with Gasteiger partial charge < -0.3 is 15.4 Å². The molecule has 0 radical (unpaired) electrons. The molecule has 0 amide bonds. The average Bonchev–Trinajstić information content (AvgIpc) is 2.26. The van der Waals surface area contributed by atoms with Gasteiger partial charge in [-0.05, 0) is 33.1 Å². The number of hydrogen-bond donors (Lipinski definition) is 2. The summed E-state index contributed by atoms with van der Waals surface area (Å²) < 4.78 is 5.57. The number of rotatable bonds is 6. The van der Waals surface area contributed by atoms with Gasteiger partial charge in [0, 0.05) is 12.6 Å². The van der Waals surface area contributed by atoms with E-state index in [-0.39, 0.29) is 17.6 Å². The molecular formula is C14H27N5O. The van der Waals surface area contributed by atoms with Gasteiger partial charge in [-0.3, -0.25) is 0 Å². The number of hydrogen-bond acceptors (Lipinski definition) is 6. The molecule has 0 fully saturated rings. The zero-order valence-corrected chi connectivity index (χ0v) is 13.6. The Balaban J connectivity index is 2.96. The standard InChI is InChI=1S/C14H27N5O/c1-8-15-11-17-12(16-10(4)14(5,6)7)19-13(18-11)20-9(2)3/h9-10H,8H2,1-7H3,(H2,15,16,17,18,19). The second-order valence-corrected chi connectivity index (χ2v) is 6.19. The largest absolute Gasteiger partial charge is 0.461 e. The predicted octanol–water partition coefficient (Wildman–Crippen LogP) is 2.94. The zero-order valence-electron chi connectivity index (χ0n) is 13.6. The minimum Gasteiger partial charge on any atom is -0.461 e. The average molecular weight is 281 g/mol. The van der Waals surface area contributed by atoms with Gasteiger partial charge in [0.05, 0.1) is 6.10 Å². The second-order valence-electron chi connectivity index (χ2n) is 6.19. The van der Waals surface area contributed by atoms with Crippen molar-refractivity contribution in [3.05, 3.63) is 0 Å². The Morgan fingerprint density at radius 2 is 1.65 bits per heavy atom. The van der Waals surface area contributed by atoms with Crippen LogP contribution in [0.2, 0.25) is 0 Å². The minimum atomic E-state index is 0.0276. The number of nitrogens with one attached hydrogen (secondary N) is 2. The monoisotopic (exact) mass is 281 g/mol. The molecule has 0 saturated carbocycles. The fourth-order valence-electron chi connectivity index (χ4n) is 1.33. The lowest BCUT2D eigenvalue weighted by Gasteiger charge is -2.28. The third kappa shape index (κ3) is 5.19. The maximum Gasteiger partial charge on any atom is 0.323 e. The molecule has 1 aromatic heterocycles. The van der Waals surface area contributed by atoms with E-state index >= 15 is 0 Å². The summed E-state index contributed by atoms with van der Waals surface area (Å²) in [5.74, 6) is 1.07. The SMILES string of the molecule is CCNc1nc(NC(C)C(C)(C)C)nc(OC(C)C)n1. The molecule has 6 heteroatoms. The Kier molecular flexibility index (Phi) is 5.53. The minimum absolute atomic E-state index is 0.0276. The molecule has 0 saturated heterocycles. The summed E-state index contributed by atoms with van der Waals surface area (Å²) in [5, 5.41) is 6.40. The van der Waals surface area contributed by atoms with E-state index in [1.54, 1.807) is 0 Å². The molecule has 1 heterocycles. The topological polar surface area (TPSA) is 72.0 Å². The Bertz CT molecular complexity index is 428. The summed E-state index contributed by atoms with van der Waals surface area (Å²) in [6.45, 7) is 15.3. The molecular weight excluding hydrogens is 254 g/mol. The molecule has 0 spiro atoms. The molecule has 20 heavy (non-hydrogen) atoms. The van der Waals surface area contributed by atoms with Crippen LogP contribution in [0, 0.1) is 5.41 Å². The van der Waals surface area contributed by atoms with E-state index in [4.69, 9.17) is 4.74 Å². The fourth-order valence-corrected chi connectivity index (χ4v) is 1.33. The van der Waals surface area contributed by atoms with Crippen molar-refractivity contribution >= 4 is 11.9 Å². The normalized spacial score (nSPS) is 13.2. The first-order chi connectivity index (χ1) is 9.22.